The minimum atomic E-state index is -1.02. The molecular formula is C46H49ClFN5O6. The molecule has 0 aliphatic carbocycles. The second kappa shape index (κ2) is 16.9. The molecule has 11 nitrogen and oxygen atoms in total. The molecule has 0 radical (unpaired) electrons. The van der Waals surface area contributed by atoms with Crippen molar-refractivity contribution in [2.45, 2.75) is 79.5 Å². The van der Waals surface area contributed by atoms with Crippen LogP contribution in [0.25, 0.3) is 43.8 Å². The summed E-state index contributed by atoms with van der Waals surface area (Å²) in [6, 6.07) is 19.2. The van der Waals surface area contributed by atoms with Gasteiger partial charge in [-0.25, -0.2) is 19.0 Å². The molecular weight excluding hydrogens is 773 g/mol. The molecule has 3 aromatic heterocycles. The van der Waals surface area contributed by atoms with Gasteiger partial charge in [-0.15, -0.1) is 0 Å². The molecule has 0 spiro atoms. The smallest absolute Gasteiger partial charge is 0.355 e. The number of halogens is 2. The Bertz CT molecular complexity index is 2720. The Morgan fingerprint density at radius 2 is 1.64 bits per heavy atom. The summed E-state index contributed by atoms with van der Waals surface area (Å²) in [5.74, 6) is -0.399. The zero-order valence-corrected chi connectivity index (χ0v) is 35.2. The Morgan fingerprint density at radius 3 is 2.37 bits per heavy atom. The zero-order valence-electron chi connectivity index (χ0n) is 34.5. The highest BCUT2D eigenvalue weighted by atomic mass is 35.5. The number of aromatic carboxylic acids is 1. The van der Waals surface area contributed by atoms with Crippen LogP contribution in [-0.4, -0.2) is 66.4 Å². The molecule has 1 N–H and O–H groups in total. The zero-order chi connectivity index (χ0) is 42.2. The standard InChI is InChI=1S/C46H49ClFN5O6/c1-27-39(28(2)51(7)50-27)40-36(47)20-19-34-33(14-10-24-58-38-16-8-12-30-26-31(48)17-18-32(30)38)43(45(56)59-46(4,5)6)53(42(34)40)21-11-23-57-25-22-52-29(3)49-41-35(44(54)55)13-9-15-37(41)52/h8-9,12-13,15-20,26H,10-11,14,21-25H2,1-7H3,(H,54,55). The van der Waals surface area contributed by atoms with Gasteiger partial charge in [-0.3, -0.25) is 4.68 Å². The van der Waals surface area contributed by atoms with Crippen LogP contribution in [0.4, 0.5) is 4.39 Å². The Hall–Kier alpha value is -5.72. The highest BCUT2D eigenvalue weighted by Gasteiger charge is 2.30. The average molecular weight is 822 g/mol. The van der Waals surface area contributed by atoms with Gasteiger partial charge in [0.15, 0.2) is 0 Å². The van der Waals surface area contributed by atoms with Crippen LogP contribution in [0.1, 0.15) is 77.2 Å². The Morgan fingerprint density at radius 1 is 0.881 bits per heavy atom. The van der Waals surface area contributed by atoms with Crippen molar-refractivity contribution in [3.63, 3.8) is 0 Å². The fourth-order valence-electron chi connectivity index (χ4n) is 7.98. The molecule has 0 saturated carbocycles. The van der Waals surface area contributed by atoms with Crippen molar-refractivity contribution < 1.29 is 33.3 Å². The summed E-state index contributed by atoms with van der Waals surface area (Å²) < 4.78 is 38.4. The number of esters is 1. The minimum Gasteiger partial charge on any atom is -0.493 e. The van der Waals surface area contributed by atoms with Crippen LogP contribution in [0.5, 0.6) is 5.75 Å². The van der Waals surface area contributed by atoms with Crippen molar-refractivity contribution >= 4 is 56.2 Å². The number of hydrogen-bond donors (Lipinski definition) is 1. The average Bonchev–Trinajstić information content (AvgIpc) is 3.76. The van der Waals surface area contributed by atoms with Gasteiger partial charge in [0.25, 0.3) is 0 Å². The quantitative estimate of drug-likeness (QED) is 0.0801. The van der Waals surface area contributed by atoms with E-state index in [0.717, 1.165) is 55.3 Å². The Balaban J connectivity index is 1.20. The third-order valence-corrected chi connectivity index (χ3v) is 10.9. The van der Waals surface area contributed by atoms with E-state index in [1.807, 2.05) is 98.8 Å². The molecule has 0 atom stereocenters. The molecule has 4 aromatic carbocycles. The summed E-state index contributed by atoms with van der Waals surface area (Å²) in [4.78, 5) is 30.7. The van der Waals surface area contributed by atoms with E-state index >= 15 is 0 Å². The maximum absolute atomic E-state index is 14.4. The topological polar surface area (TPSA) is 123 Å². The van der Waals surface area contributed by atoms with Crippen LogP contribution in [0.15, 0.2) is 66.7 Å². The summed E-state index contributed by atoms with van der Waals surface area (Å²) in [5, 5.41) is 17.4. The fourth-order valence-corrected chi connectivity index (χ4v) is 8.23. The third kappa shape index (κ3) is 8.42. The minimum absolute atomic E-state index is 0.163. The lowest BCUT2D eigenvalue weighted by molar-refractivity contribution is 0.00557. The van der Waals surface area contributed by atoms with Gasteiger partial charge in [-0.1, -0.05) is 35.9 Å². The second-order valence-corrected chi connectivity index (χ2v) is 16.2. The first-order valence-electron chi connectivity index (χ1n) is 19.8. The molecule has 0 saturated heterocycles. The molecule has 13 heteroatoms. The number of imidazole rings is 1. The van der Waals surface area contributed by atoms with Crippen LogP contribution >= 0.6 is 11.6 Å². The summed E-state index contributed by atoms with van der Waals surface area (Å²) in [5.41, 5.74) is 6.16. The molecule has 59 heavy (non-hydrogen) atoms. The maximum atomic E-state index is 14.4. The van der Waals surface area contributed by atoms with Crippen LogP contribution in [0.3, 0.4) is 0 Å². The number of aromatic nitrogens is 5. The third-order valence-electron chi connectivity index (χ3n) is 10.6. The van der Waals surface area contributed by atoms with E-state index in [0.29, 0.717) is 80.0 Å². The van der Waals surface area contributed by atoms with E-state index in [2.05, 4.69) is 4.98 Å². The first-order chi connectivity index (χ1) is 28.1. The summed E-state index contributed by atoms with van der Waals surface area (Å²) >= 11 is 7.12. The van der Waals surface area contributed by atoms with Gasteiger partial charge >= 0.3 is 11.9 Å². The van der Waals surface area contributed by atoms with Gasteiger partial charge in [0, 0.05) is 54.3 Å². The van der Waals surface area contributed by atoms with Crippen molar-refractivity contribution in [3.05, 3.63) is 112 Å². The first-order valence-corrected chi connectivity index (χ1v) is 20.2. The molecule has 0 unspecified atom stereocenters. The molecule has 7 aromatic rings. The highest BCUT2D eigenvalue weighted by Crippen LogP contribution is 2.42. The predicted octanol–water partition coefficient (Wildman–Crippen LogP) is 10.0. The normalized spacial score (nSPS) is 11.9. The lowest BCUT2D eigenvalue weighted by Crippen LogP contribution is -2.26. The van der Waals surface area contributed by atoms with E-state index in [-0.39, 0.29) is 11.4 Å². The molecule has 0 aliphatic rings. The van der Waals surface area contributed by atoms with Crippen molar-refractivity contribution in [3.8, 4) is 16.9 Å². The van der Waals surface area contributed by atoms with E-state index < -0.39 is 17.5 Å². The molecule has 0 amide bonds. The highest BCUT2D eigenvalue weighted by molar-refractivity contribution is 6.35. The van der Waals surface area contributed by atoms with Gasteiger partial charge in [0.1, 0.15) is 34.2 Å². The number of carbonyl (C=O) groups excluding carboxylic acids is 1. The van der Waals surface area contributed by atoms with Crippen LogP contribution in [-0.2, 0) is 36.0 Å². The van der Waals surface area contributed by atoms with Crippen molar-refractivity contribution in [1.29, 1.82) is 0 Å². The predicted molar refractivity (Wildman–Crippen MR) is 228 cm³/mol. The number of carbonyl (C=O) groups is 2. The second-order valence-electron chi connectivity index (χ2n) is 15.8. The molecule has 3 heterocycles. The summed E-state index contributed by atoms with van der Waals surface area (Å²) in [6.45, 7) is 13.4. The molecule has 0 bridgehead atoms. The van der Waals surface area contributed by atoms with Crippen molar-refractivity contribution in [2.75, 3.05) is 19.8 Å². The van der Waals surface area contributed by atoms with Crippen LogP contribution < -0.4 is 4.74 Å². The monoisotopic (exact) mass is 821 g/mol. The van der Waals surface area contributed by atoms with E-state index in [9.17, 15) is 19.1 Å². The fraction of sp³-hybridized carbons (Fsp3) is 0.348. The van der Waals surface area contributed by atoms with Gasteiger partial charge < -0.3 is 28.5 Å². The van der Waals surface area contributed by atoms with E-state index in [4.69, 9.17) is 30.9 Å². The van der Waals surface area contributed by atoms with Crippen LogP contribution in [0.2, 0.25) is 5.02 Å². The number of fused-ring (bicyclic) bond motifs is 3. The molecule has 0 aliphatic heterocycles. The van der Waals surface area contributed by atoms with Crippen LogP contribution in [0, 0.1) is 26.6 Å². The SMILES string of the molecule is Cc1nn(C)c(C)c1-c1c(Cl)ccc2c(CCCOc3cccc4cc(F)ccc34)c(C(=O)OC(C)(C)C)n(CCCOCCn3c(C)nc4c(C(=O)O)cccc43)c12. The largest absolute Gasteiger partial charge is 0.493 e. The summed E-state index contributed by atoms with van der Waals surface area (Å²) in [7, 11) is 1.90. The van der Waals surface area contributed by atoms with Gasteiger partial charge in [0.05, 0.1) is 40.5 Å². The number of carboxylic acid groups (broad SMARTS) is 1. The van der Waals surface area contributed by atoms with Gasteiger partial charge in [-0.2, -0.15) is 5.10 Å². The van der Waals surface area contributed by atoms with E-state index in [1.165, 1.54) is 12.1 Å². The van der Waals surface area contributed by atoms with Crippen molar-refractivity contribution in [1.82, 2.24) is 23.9 Å². The number of nitrogens with zero attached hydrogens (tertiary/aromatic N) is 5. The number of benzene rings is 4. The van der Waals surface area contributed by atoms with Gasteiger partial charge in [0.2, 0.25) is 0 Å². The summed E-state index contributed by atoms with van der Waals surface area (Å²) in [6.07, 6.45) is 1.64. The Kier molecular flexibility index (Phi) is 11.8. The lowest BCUT2D eigenvalue weighted by Gasteiger charge is -2.21. The van der Waals surface area contributed by atoms with Crippen molar-refractivity contribution in [2.24, 2.45) is 7.05 Å². The molecule has 0 fully saturated rings. The molecule has 7 rings (SSSR count). The van der Waals surface area contributed by atoms with Gasteiger partial charge in [-0.05, 0) is 114 Å². The Labute approximate surface area is 347 Å². The maximum Gasteiger partial charge on any atom is 0.355 e. The van der Waals surface area contributed by atoms with E-state index in [1.54, 1.807) is 18.2 Å². The number of rotatable bonds is 15. The number of carboxylic acids is 1. The number of hydrogen-bond acceptors (Lipinski definition) is 7. The number of aryl methyl sites for hydroxylation is 5. The first kappa shape index (κ1) is 41.4. The lowest BCUT2D eigenvalue weighted by atomic mass is 9.98. The number of ether oxygens (including phenoxy) is 3. The molecule has 308 valence electrons. The number of para-hydroxylation sites is 1.